The number of para-hydroxylation sites is 1. The predicted octanol–water partition coefficient (Wildman–Crippen LogP) is 5.81. The van der Waals surface area contributed by atoms with Crippen LogP contribution in [0.25, 0.3) is 10.9 Å². The molecule has 3 aromatic carbocycles. The molecule has 0 spiro atoms. The Morgan fingerprint density at radius 2 is 1.85 bits per heavy atom. The zero-order chi connectivity index (χ0) is 22.6. The smallest absolute Gasteiger partial charge is 0.412 e. The van der Waals surface area contributed by atoms with E-state index in [4.69, 9.17) is 19.2 Å². The number of pyridine rings is 1. The van der Waals surface area contributed by atoms with Crippen LogP contribution in [0.15, 0.2) is 72.8 Å². The minimum absolute atomic E-state index is 0.0399. The van der Waals surface area contributed by atoms with Crippen LogP contribution in [0.5, 0.6) is 11.5 Å². The van der Waals surface area contributed by atoms with Gasteiger partial charge in [-0.3, -0.25) is 5.32 Å². The molecule has 1 amide bonds. The van der Waals surface area contributed by atoms with Crippen LogP contribution < -0.4 is 14.8 Å². The van der Waals surface area contributed by atoms with Crippen LogP contribution in [-0.4, -0.2) is 17.7 Å². The molecule has 5 rings (SSSR count). The molecule has 0 aliphatic carbocycles. The van der Waals surface area contributed by atoms with Crippen LogP contribution >= 0.6 is 0 Å². The number of anilines is 1. The van der Waals surface area contributed by atoms with Gasteiger partial charge in [-0.05, 0) is 48.4 Å². The maximum atomic E-state index is 12.4. The van der Waals surface area contributed by atoms with E-state index in [1.807, 2.05) is 73.7 Å². The second kappa shape index (κ2) is 9.20. The van der Waals surface area contributed by atoms with Gasteiger partial charge in [-0.25, -0.2) is 9.78 Å². The van der Waals surface area contributed by atoms with E-state index >= 15 is 0 Å². The van der Waals surface area contributed by atoms with E-state index in [2.05, 4.69) is 5.32 Å². The fourth-order valence-electron chi connectivity index (χ4n) is 3.93. The van der Waals surface area contributed by atoms with E-state index in [1.54, 1.807) is 6.07 Å². The van der Waals surface area contributed by atoms with Gasteiger partial charge in [0.2, 0.25) is 0 Å². The monoisotopic (exact) mass is 440 g/mol. The zero-order valence-corrected chi connectivity index (χ0v) is 18.3. The summed E-state index contributed by atoms with van der Waals surface area (Å²) in [6.07, 6.45) is 0.307. The van der Waals surface area contributed by atoms with Crippen molar-refractivity contribution < 1.29 is 19.0 Å². The first-order valence-electron chi connectivity index (χ1n) is 10.9. The Hall–Kier alpha value is -4.06. The molecule has 1 aliphatic rings. The lowest BCUT2D eigenvalue weighted by Gasteiger charge is -2.16. The second-order valence-corrected chi connectivity index (χ2v) is 7.93. The van der Waals surface area contributed by atoms with Crippen LogP contribution in [0.3, 0.4) is 0 Å². The van der Waals surface area contributed by atoms with E-state index in [0.717, 1.165) is 45.5 Å². The fraction of sp³-hybridized carbons (Fsp3) is 0.185. The Morgan fingerprint density at radius 3 is 2.73 bits per heavy atom. The topological polar surface area (TPSA) is 69.7 Å². The van der Waals surface area contributed by atoms with Crippen LogP contribution in [0.4, 0.5) is 10.5 Å². The zero-order valence-electron chi connectivity index (χ0n) is 18.3. The van der Waals surface area contributed by atoms with Crippen molar-refractivity contribution in [1.82, 2.24) is 4.98 Å². The quantitative estimate of drug-likeness (QED) is 0.410. The van der Waals surface area contributed by atoms with Gasteiger partial charge in [0.05, 0.1) is 17.8 Å². The van der Waals surface area contributed by atoms with Gasteiger partial charge in [0, 0.05) is 23.1 Å². The van der Waals surface area contributed by atoms with Crippen molar-refractivity contribution in [3.05, 3.63) is 95.2 Å². The highest BCUT2D eigenvalue weighted by Gasteiger charge is 2.16. The van der Waals surface area contributed by atoms with Crippen molar-refractivity contribution in [2.75, 3.05) is 11.9 Å². The first kappa shape index (κ1) is 20.8. The molecule has 0 bridgehead atoms. The molecule has 0 saturated carbocycles. The molecule has 33 heavy (non-hydrogen) atoms. The fourth-order valence-corrected chi connectivity index (χ4v) is 3.93. The van der Waals surface area contributed by atoms with E-state index in [1.165, 1.54) is 0 Å². The lowest BCUT2D eigenvalue weighted by atomic mass is 10.1. The van der Waals surface area contributed by atoms with E-state index < -0.39 is 6.09 Å². The number of nitrogens with one attached hydrogen (secondary N) is 1. The number of hydrogen-bond acceptors (Lipinski definition) is 5. The molecule has 0 fully saturated rings. The summed E-state index contributed by atoms with van der Waals surface area (Å²) >= 11 is 0. The maximum absolute atomic E-state index is 12.4. The molecule has 1 aromatic heterocycles. The summed E-state index contributed by atoms with van der Waals surface area (Å²) < 4.78 is 17.2. The van der Waals surface area contributed by atoms with Gasteiger partial charge in [-0.15, -0.1) is 0 Å². The van der Waals surface area contributed by atoms with Crippen molar-refractivity contribution in [3.8, 4) is 11.5 Å². The molecule has 0 saturated heterocycles. The number of carbonyl (C=O) groups excluding carboxylic acids is 1. The molecule has 1 N–H and O–H groups in total. The first-order valence-corrected chi connectivity index (χ1v) is 10.9. The highest BCUT2D eigenvalue weighted by Crippen LogP contribution is 2.32. The molecule has 4 aromatic rings. The normalized spacial score (nSPS) is 12.2. The van der Waals surface area contributed by atoms with Gasteiger partial charge in [-0.1, -0.05) is 42.5 Å². The maximum Gasteiger partial charge on any atom is 0.412 e. The Labute approximate surface area is 192 Å². The summed E-state index contributed by atoms with van der Waals surface area (Å²) in [6.45, 7) is 3.10. The predicted molar refractivity (Wildman–Crippen MR) is 127 cm³/mol. The number of benzene rings is 3. The Kier molecular flexibility index (Phi) is 5.81. The molecule has 166 valence electrons. The van der Waals surface area contributed by atoms with Gasteiger partial charge in [0.15, 0.2) is 0 Å². The molecule has 0 radical (unpaired) electrons. The molecular weight excluding hydrogens is 416 g/mol. The van der Waals surface area contributed by atoms with Gasteiger partial charge in [-0.2, -0.15) is 0 Å². The van der Waals surface area contributed by atoms with Crippen LogP contribution in [0, 0.1) is 6.92 Å². The van der Waals surface area contributed by atoms with Crippen molar-refractivity contribution in [2.45, 2.75) is 26.6 Å². The Balaban J connectivity index is 1.32. The minimum Gasteiger partial charge on any atom is -0.493 e. The number of carbonyl (C=O) groups is 1. The number of amides is 1. The van der Waals surface area contributed by atoms with Crippen molar-refractivity contribution in [2.24, 2.45) is 0 Å². The van der Waals surface area contributed by atoms with Crippen molar-refractivity contribution in [3.63, 3.8) is 0 Å². The number of fused-ring (bicyclic) bond motifs is 2. The average Bonchev–Trinajstić information content (AvgIpc) is 3.31. The number of nitrogens with zero attached hydrogens (tertiary/aromatic N) is 1. The molecule has 6 heteroatoms. The van der Waals surface area contributed by atoms with Gasteiger partial charge in [0.1, 0.15) is 24.7 Å². The minimum atomic E-state index is -0.532. The van der Waals surface area contributed by atoms with E-state index in [0.29, 0.717) is 24.6 Å². The molecule has 1 aliphatic heterocycles. The van der Waals surface area contributed by atoms with Crippen molar-refractivity contribution >= 4 is 22.7 Å². The third-order valence-corrected chi connectivity index (χ3v) is 5.68. The highest BCUT2D eigenvalue weighted by atomic mass is 16.5. The third kappa shape index (κ3) is 4.60. The van der Waals surface area contributed by atoms with E-state index in [9.17, 15) is 4.79 Å². The summed E-state index contributed by atoms with van der Waals surface area (Å²) in [6, 6.07) is 23.4. The Morgan fingerprint density at radius 1 is 1.03 bits per heavy atom. The largest absolute Gasteiger partial charge is 0.493 e. The van der Waals surface area contributed by atoms with Crippen LogP contribution in [-0.2, 0) is 24.4 Å². The van der Waals surface area contributed by atoms with E-state index in [-0.39, 0.29) is 6.61 Å². The van der Waals surface area contributed by atoms with Gasteiger partial charge < -0.3 is 14.2 Å². The molecular formula is C27H24N2O4. The number of hydrogen-bond donors (Lipinski definition) is 1. The molecule has 0 unspecified atom stereocenters. The summed E-state index contributed by atoms with van der Waals surface area (Å²) in [4.78, 5) is 17.1. The molecule has 2 heterocycles. The summed E-state index contributed by atoms with van der Waals surface area (Å²) in [5.41, 5.74) is 5.15. The summed E-state index contributed by atoms with van der Waals surface area (Å²) in [5.74, 6) is 1.62. The van der Waals surface area contributed by atoms with Crippen LogP contribution in [0.1, 0.15) is 22.4 Å². The SMILES string of the molecule is Cc1c(COC(=O)Nc2ccc3c(c2)CCO3)nc2ccccc2c1OCc1ccccc1. The molecule has 6 nitrogen and oxygen atoms in total. The number of ether oxygens (including phenoxy) is 3. The number of aromatic nitrogens is 1. The first-order chi connectivity index (χ1) is 16.2. The third-order valence-electron chi connectivity index (χ3n) is 5.68. The van der Waals surface area contributed by atoms with Gasteiger partial charge in [0.25, 0.3) is 0 Å². The van der Waals surface area contributed by atoms with Crippen LogP contribution in [0.2, 0.25) is 0 Å². The molecule has 0 atom stereocenters. The standard InChI is InChI=1S/C27H24N2O4/c1-18-24(17-33-27(30)28-21-11-12-25-20(15-21)13-14-31-25)29-23-10-6-5-9-22(23)26(18)32-16-19-7-3-2-4-8-19/h2-12,15H,13-14,16-17H2,1H3,(H,28,30). The Bertz CT molecular complexity index is 1300. The summed E-state index contributed by atoms with van der Waals surface area (Å²) in [5, 5.41) is 3.71. The average molecular weight is 440 g/mol. The number of rotatable bonds is 6. The van der Waals surface area contributed by atoms with Crippen molar-refractivity contribution in [1.29, 1.82) is 0 Å². The lowest BCUT2D eigenvalue weighted by molar-refractivity contribution is 0.153. The second-order valence-electron chi connectivity index (χ2n) is 7.93. The van der Waals surface area contributed by atoms with Gasteiger partial charge >= 0.3 is 6.09 Å². The lowest BCUT2D eigenvalue weighted by Crippen LogP contribution is -2.15. The summed E-state index contributed by atoms with van der Waals surface area (Å²) in [7, 11) is 0. The highest BCUT2D eigenvalue weighted by molar-refractivity contribution is 5.87.